The van der Waals surface area contributed by atoms with Crippen molar-refractivity contribution in [2.75, 3.05) is 19.0 Å². The van der Waals surface area contributed by atoms with E-state index in [4.69, 9.17) is 23.6 Å². The van der Waals surface area contributed by atoms with Gasteiger partial charge in [-0.15, -0.1) is 0 Å². The van der Waals surface area contributed by atoms with Crippen molar-refractivity contribution in [2.45, 2.75) is 64.5 Å². The number of ether oxygens (including phenoxy) is 3. The lowest BCUT2D eigenvalue weighted by molar-refractivity contribution is 0.0106. The maximum Gasteiger partial charge on any atom is 0.357 e. The number of anilines is 1. The molecule has 2 aliphatic heterocycles. The van der Waals surface area contributed by atoms with Crippen LogP contribution in [-0.2, 0) is 33.5 Å². The molecule has 3 heterocycles. The molecule has 1 aromatic heterocycles. The van der Waals surface area contributed by atoms with Gasteiger partial charge in [-0.3, -0.25) is 0 Å². The molecule has 6 rings (SSSR count). The topological polar surface area (TPSA) is 78.9 Å². The first-order valence-corrected chi connectivity index (χ1v) is 17.1. The van der Waals surface area contributed by atoms with E-state index in [0.717, 1.165) is 28.0 Å². The second-order valence-electron chi connectivity index (χ2n) is 12.5. The van der Waals surface area contributed by atoms with Gasteiger partial charge in [0.1, 0.15) is 17.7 Å². The van der Waals surface area contributed by atoms with Gasteiger partial charge in [0.25, 0.3) is 8.32 Å². The van der Waals surface area contributed by atoms with Gasteiger partial charge in [-0.25, -0.2) is 9.78 Å². The normalized spacial score (nSPS) is 17.9. The molecule has 1 N–H and O–H groups in total. The smallest absolute Gasteiger partial charge is 0.357 e. The van der Waals surface area contributed by atoms with Gasteiger partial charge in [-0.05, 0) is 51.2 Å². The van der Waals surface area contributed by atoms with Crippen molar-refractivity contribution in [2.24, 2.45) is 0 Å². The zero-order valence-corrected chi connectivity index (χ0v) is 27.1. The number of nitrogens with one attached hydrogen (secondary N) is 1. The molecule has 0 amide bonds. The molecule has 0 radical (unpaired) electrons. The SMILES string of the molecule is COc1ccc(CNc2nc3c(c4c2[C@H](C)OC4)C[C@H](CO[Si](c2ccccc2)(c2ccccc2)C(C)(C)C)OC3=O)cc1. The van der Waals surface area contributed by atoms with E-state index in [1.54, 1.807) is 7.11 Å². The number of carbonyl (C=O) groups is 1. The molecule has 2 atom stereocenters. The molecule has 3 aromatic carbocycles. The first kappa shape index (κ1) is 30.1. The molecule has 8 heteroatoms. The Morgan fingerprint density at radius 3 is 2.16 bits per heavy atom. The van der Waals surface area contributed by atoms with Gasteiger partial charge >= 0.3 is 5.97 Å². The van der Waals surface area contributed by atoms with Crippen molar-refractivity contribution in [1.29, 1.82) is 0 Å². The molecule has 0 saturated carbocycles. The van der Waals surface area contributed by atoms with Crippen LogP contribution >= 0.6 is 0 Å². The molecule has 0 fully saturated rings. The summed E-state index contributed by atoms with van der Waals surface area (Å²) in [6, 6.07) is 28.9. The zero-order valence-electron chi connectivity index (χ0n) is 26.1. The fourth-order valence-electron chi connectivity index (χ4n) is 6.58. The standard InChI is InChI=1S/C36H40N2O5Si/c1-24-32-31(23-41-24)30-20-27(43-35(39)33(30)38-34(32)37-21-25-16-18-26(40-5)19-17-25)22-42-44(36(2,3)4,28-12-8-6-9-13-28)29-14-10-7-11-15-29/h6-19,24,27H,20-23H2,1-5H3,(H,37,38)/t24-,27+/m0/s1. The van der Waals surface area contributed by atoms with Gasteiger partial charge < -0.3 is 24.0 Å². The highest BCUT2D eigenvalue weighted by Crippen LogP contribution is 2.41. The molecular weight excluding hydrogens is 568 g/mol. The van der Waals surface area contributed by atoms with Gasteiger partial charge in [0.05, 0.1) is 26.4 Å². The Kier molecular flexibility index (Phi) is 8.33. The minimum absolute atomic E-state index is 0.133. The molecule has 0 unspecified atom stereocenters. The van der Waals surface area contributed by atoms with E-state index >= 15 is 0 Å². The number of cyclic esters (lactones) is 1. The van der Waals surface area contributed by atoms with E-state index in [0.29, 0.717) is 37.7 Å². The van der Waals surface area contributed by atoms with E-state index in [-0.39, 0.29) is 11.1 Å². The third-order valence-corrected chi connectivity index (χ3v) is 13.8. The minimum atomic E-state index is -2.79. The van der Waals surface area contributed by atoms with Crippen LogP contribution in [0.1, 0.15) is 66.5 Å². The first-order valence-electron chi connectivity index (χ1n) is 15.2. The summed E-state index contributed by atoms with van der Waals surface area (Å²) in [7, 11) is -1.13. The van der Waals surface area contributed by atoms with Crippen molar-refractivity contribution < 1.29 is 23.4 Å². The summed E-state index contributed by atoms with van der Waals surface area (Å²) in [6.45, 7) is 10.1. The maximum absolute atomic E-state index is 13.5. The number of fused-ring (bicyclic) bond motifs is 3. The highest BCUT2D eigenvalue weighted by atomic mass is 28.4. The van der Waals surface area contributed by atoms with Gasteiger partial charge in [-0.2, -0.15) is 0 Å². The monoisotopic (exact) mass is 608 g/mol. The van der Waals surface area contributed by atoms with E-state index in [1.807, 2.05) is 43.3 Å². The van der Waals surface area contributed by atoms with Crippen LogP contribution in [0.3, 0.4) is 0 Å². The van der Waals surface area contributed by atoms with Gasteiger partial charge in [0, 0.05) is 18.5 Å². The Bertz CT molecular complexity index is 1580. The Morgan fingerprint density at radius 2 is 1.57 bits per heavy atom. The fourth-order valence-corrected chi connectivity index (χ4v) is 11.2. The molecule has 0 bridgehead atoms. The Hall–Kier alpha value is -3.98. The van der Waals surface area contributed by atoms with Crippen LogP contribution in [0, 0.1) is 0 Å². The second-order valence-corrected chi connectivity index (χ2v) is 16.8. The van der Waals surface area contributed by atoms with Crippen molar-refractivity contribution >= 4 is 30.5 Å². The van der Waals surface area contributed by atoms with Crippen LogP contribution in [-0.4, -0.2) is 39.1 Å². The Labute approximate surface area is 260 Å². The molecule has 0 aliphatic carbocycles. The molecule has 7 nitrogen and oxygen atoms in total. The van der Waals surface area contributed by atoms with E-state index < -0.39 is 20.4 Å². The number of carbonyl (C=O) groups excluding carboxylic acids is 1. The number of benzene rings is 3. The van der Waals surface area contributed by atoms with Crippen molar-refractivity contribution in [3.05, 3.63) is 113 Å². The lowest BCUT2D eigenvalue weighted by Gasteiger charge is -2.43. The number of esters is 1. The molecule has 4 aromatic rings. The van der Waals surface area contributed by atoms with Crippen LogP contribution in [0.25, 0.3) is 0 Å². The average Bonchev–Trinajstić information content (AvgIpc) is 3.43. The van der Waals surface area contributed by atoms with E-state index in [2.05, 4.69) is 74.6 Å². The third kappa shape index (κ3) is 5.53. The van der Waals surface area contributed by atoms with Crippen LogP contribution in [0.4, 0.5) is 5.82 Å². The van der Waals surface area contributed by atoms with Crippen LogP contribution in [0.2, 0.25) is 5.04 Å². The quantitative estimate of drug-likeness (QED) is 0.186. The van der Waals surface area contributed by atoms with Crippen molar-refractivity contribution in [1.82, 2.24) is 4.98 Å². The van der Waals surface area contributed by atoms with Gasteiger partial charge in [0.2, 0.25) is 0 Å². The third-order valence-electron chi connectivity index (χ3n) is 8.76. The summed E-state index contributed by atoms with van der Waals surface area (Å²) in [5.74, 6) is 1.05. The van der Waals surface area contributed by atoms with Gasteiger partial charge in [0.15, 0.2) is 5.69 Å². The predicted molar refractivity (Wildman–Crippen MR) is 174 cm³/mol. The summed E-state index contributed by atoms with van der Waals surface area (Å²) >= 11 is 0. The maximum atomic E-state index is 13.5. The molecule has 0 spiro atoms. The molecule has 228 valence electrons. The number of nitrogens with zero attached hydrogens (tertiary/aromatic N) is 1. The van der Waals surface area contributed by atoms with Crippen molar-refractivity contribution in [3.63, 3.8) is 0 Å². The van der Waals surface area contributed by atoms with Crippen LogP contribution in [0.5, 0.6) is 5.75 Å². The number of pyridine rings is 1. The number of aromatic nitrogens is 1. The molecule has 44 heavy (non-hydrogen) atoms. The highest BCUT2D eigenvalue weighted by Gasteiger charge is 2.51. The largest absolute Gasteiger partial charge is 0.497 e. The Balaban J connectivity index is 1.29. The second kappa shape index (κ2) is 12.2. The molecule has 0 saturated heterocycles. The van der Waals surface area contributed by atoms with Gasteiger partial charge in [-0.1, -0.05) is 93.6 Å². The molecular formula is C36H40N2O5Si. The summed E-state index contributed by atoms with van der Waals surface area (Å²) in [5, 5.41) is 5.66. The number of hydrogen-bond acceptors (Lipinski definition) is 7. The highest BCUT2D eigenvalue weighted by molar-refractivity contribution is 6.99. The minimum Gasteiger partial charge on any atom is -0.497 e. The lowest BCUT2D eigenvalue weighted by Crippen LogP contribution is -2.67. The number of hydrogen-bond donors (Lipinski definition) is 1. The van der Waals surface area contributed by atoms with Crippen LogP contribution < -0.4 is 20.4 Å². The number of rotatable bonds is 9. The summed E-state index contributed by atoms with van der Waals surface area (Å²) < 4.78 is 24.5. The summed E-state index contributed by atoms with van der Waals surface area (Å²) in [6.07, 6.45) is -0.0359. The summed E-state index contributed by atoms with van der Waals surface area (Å²) in [4.78, 5) is 18.3. The predicted octanol–water partition coefficient (Wildman–Crippen LogP) is 5.95. The average molecular weight is 609 g/mol. The van der Waals surface area contributed by atoms with E-state index in [9.17, 15) is 4.79 Å². The Morgan fingerprint density at radius 1 is 0.932 bits per heavy atom. The number of methoxy groups -OCH3 is 1. The van der Waals surface area contributed by atoms with Crippen molar-refractivity contribution in [3.8, 4) is 5.75 Å². The van der Waals surface area contributed by atoms with Crippen LogP contribution in [0.15, 0.2) is 84.9 Å². The summed E-state index contributed by atoms with van der Waals surface area (Å²) in [5.41, 5.74) is 4.39. The zero-order chi connectivity index (χ0) is 30.9. The molecule has 2 aliphatic rings. The lowest BCUT2D eigenvalue weighted by atomic mass is 9.93. The first-order chi connectivity index (χ1) is 21.2. The van der Waals surface area contributed by atoms with E-state index in [1.165, 1.54) is 10.4 Å². The fraction of sp³-hybridized carbons (Fsp3) is 0.333.